The van der Waals surface area contributed by atoms with Crippen LogP contribution >= 0.6 is 0 Å². The topological polar surface area (TPSA) is 12.0 Å². The molecule has 2 saturated carbocycles. The lowest BCUT2D eigenvalue weighted by Crippen LogP contribution is -2.42. The molecule has 0 heterocycles. The highest BCUT2D eigenvalue weighted by Crippen LogP contribution is 2.65. The lowest BCUT2D eigenvalue weighted by molar-refractivity contribution is 0.125. The third-order valence-corrected chi connectivity index (χ3v) is 5.14. The first-order valence-corrected chi connectivity index (χ1v) is 5.19. The second-order valence-corrected chi connectivity index (χ2v) is 5.45. The summed E-state index contributed by atoms with van der Waals surface area (Å²) in [5.74, 6) is 0.972. The standard InChI is InChI=1S/C11H21N/c1-10(2)8-5-6-11(10,3)9(7-8)12-4/h8-9,12H,5-7H2,1-4H3/t8-,9-,11+/m0/s1. The van der Waals surface area contributed by atoms with Crippen molar-refractivity contribution in [1.82, 2.24) is 5.32 Å². The van der Waals surface area contributed by atoms with Crippen molar-refractivity contribution in [2.45, 2.75) is 46.1 Å². The van der Waals surface area contributed by atoms with Crippen LogP contribution in [0.3, 0.4) is 0 Å². The van der Waals surface area contributed by atoms with Gasteiger partial charge in [-0.05, 0) is 43.1 Å². The zero-order valence-electron chi connectivity index (χ0n) is 8.78. The minimum atomic E-state index is 0.562. The van der Waals surface area contributed by atoms with Crippen LogP contribution in [0, 0.1) is 16.7 Å². The molecular formula is C11H21N. The van der Waals surface area contributed by atoms with Crippen LogP contribution < -0.4 is 5.32 Å². The fraction of sp³-hybridized carbons (Fsp3) is 1.00. The van der Waals surface area contributed by atoms with Crippen LogP contribution in [-0.2, 0) is 0 Å². The highest BCUT2D eigenvalue weighted by atomic mass is 14.9. The van der Waals surface area contributed by atoms with Crippen LogP contribution in [0.2, 0.25) is 0 Å². The Morgan fingerprint density at radius 2 is 1.92 bits per heavy atom. The summed E-state index contributed by atoms with van der Waals surface area (Å²) < 4.78 is 0. The molecule has 0 amide bonds. The lowest BCUT2D eigenvalue weighted by atomic mass is 9.69. The molecule has 0 unspecified atom stereocenters. The van der Waals surface area contributed by atoms with Gasteiger partial charge in [-0.3, -0.25) is 0 Å². The molecule has 2 aliphatic rings. The number of hydrogen-bond donors (Lipinski definition) is 1. The van der Waals surface area contributed by atoms with Gasteiger partial charge in [-0.1, -0.05) is 20.8 Å². The molecule has 3 atom stereocenters. The van der Waals surface area contributed by atoms with Crippen molar-refractivity contribution >= 4 is 0 Å². The third kappa shape index (κ3) is 0.736. The highest BCUT2D eigenvalue weighted by Gasteiger charge is 2.60. The van der Waals surface area contributed by atoms with E-state index in [9.17, 15) is 0 Å². The third-order valence-electron chi connectivity index (χ3n) is 5.14. The monoisotopic (exact) mass is 167 g/mol. The van der Waals surface area contributed by atoms with Crippen LogP contribution in [0.4, 0.5) is 0 Å². The van der Waals surface area contributed by atoms with E-state index in [1.54, 1.807) is 0 Å². The van der Waals surface area contributed by atoms with Crippen molar-refractivity contribution in [2.24, 2.45) is 16.7 Å². The van der Waals surface area contributed by atoms with Gasteiger partial charge >= 0.3 is 0 Å². The van der Waals surface area contributed by atoms with Crippen molar-refractivity contribution in [2.75, 3.05) is 7.05 Å². The fourth-order valence-electron chi connectivity index (χ4n) is 3.64. The van der Waals surface area contributed by atoms with Gasteiger partial charge in [-0.25, -0.2) is 0 Å². The largest absolute Gasteiger partial charge is 0.316 e. The molecule has 2 bridgehead atoms. The summed E-state index contributed by atoms with van der Waals surface area (Å²) in [7, 11) is 2.12. The fourth-order valence-corrected chi connectivity index (χ4v) is 3.64. The summed E-state index contributed by atoms with van der Waals surface area (Å²) in [6, 6.07) is 0.770. The molecule has 2 fully saturated rings. The number of hydrogen-bond acceptors (Lipinski definition) is 1. The molecule has 0 aromatic carbocycles. The summed E-state index contributed by atoms with van der Waals surface area (Å²) in [5.41, 5.74) is 1.13. The van der Waals surface area contributed by atoms with Gasteiger partial charge in [0.25, 0.3) is 0 Å². The van der Waals surface area contributed by atoms with E-state index < -0.39 is 0 Å². The molecule has 0 spiro atoms. The molecule has 70 valence electrons. The van der Waals surface area contributed by atoms with Crippen LogP contribution in [0.25, 0.3) is 0 Å². The maximum Gasteiger partial charge on any atom is 0.0126 e. The van der Waals surface area contributed by atoms with Crippen LogP contribution in [0.1, 0.15) is 40.0 Å². The quantitative estimate of drug-likeness (QED) is 0.632. The van der Waals surface area contributed by atoms with Crippen LogP contribution in [0.5, 0.6) is 0 Å². The molecule has 0 aliphatic heterocycles. The second-order valence-electron chi connectivity index (χ2n) is 5.45. The Morgan fingerprint density at radius 3 is 2.17 bits per heavy atom. The molecule has 1 nitrogen and oxygen atoms in total. The first-order chi connectivity index (χ1) is 5.52. The van der Waals surface area contributed by atoms with Gasteiger partial charge in [0.15, 0.2) is 0 Å². The van der Waals surface area contributed by atoms with Crippen molar-refractivity contribution in [1.29, 1.82) is 0 Å². The van der Waals surface area contributed by atoms with Crippen molar-refractivity contribution in [3.63, 3.8) is 0 Å². The number of fused-ring (bicyclic) bond motifs is 2. The average molecular weight is 167 g/mol. The maximum absolute atomic E-state index is 3.49. The van der Waals surface area contributed by atoms with Crippen molar-refractivity contribution < 1.29 is 0 Å². The first kappa shape index (κ1) is 8.55. The van der Waals surface area contributed by atoms with Gasteiger partial charge in [0.1, 0.15) is 0 Å². The number of rotatable bonds is 1. The lowest BCUT2D eigenvalue weighted by Gasteiger charge is -2.39. The molecule has 0 aromatic rings. The van der Waals surface area contributed by atoms with Crippen LogP contribution in [-0.4, -0.2) is 13.1 Å². The van der Waals surface area contributed by atoms with E-state index in [0.29, 0.717) is 10.8 Å². The summed E-state index contributed by atoms with van der Waals surface area (Å²) in [6.45, 7) is 7.39. The van der Waals surface area contributed by atoms with Gasteiger partial charge in [0, 0.05) is 6.04 Å². The molecule has 0 radical (unpaired) electrons. The van der Waals surface area contributed by atoms with Gasteiger partial charge in [0.05, 0.1) is 0 Å². The molecule has 0 aromatic heterocycles. The number of nitrogens with one attached hydrogen (secondary N) is 1. The van der Waals surface area contributed by atoms with Gasteiger partial charge < -0.3 is 5.32 Å². The average Bonchev–Trinajstić information content (AvgIpc) is 2.34. The highest BCUT2D eigenvalue weighted by molar-refractivity contribution is 5.12. The van der Waals surface area contributed by atoms with Crippen LogP contribution in [0.15, 0.2) is 0 Å². The van der Waals surface area contributed by atoms with E-state index in [0.717, 1.165) is 12.0 Å². The smallest absolute Gasteiger partial charge is 0.0126 e. The minimum Gasteiger partial charge on any atom is -0.316 e. The normalized spacial score (nSPS) is 50.0. The van der Waals surface area contributed by atoms with Crippen molar-refractivity contribution in [3.05, 3.63) is 0 Å². The summed E-state index contributed by atoms with van der Waals surface area (Å²) in [5, 5.41) is 3.49. The van der Waals surface area contributed by atoms with Crippen molar-refractivity contribution in [3.8, 4) is 0 Å². The Labute approximate surface area is 75.9 Å². The Bertz CT molecular complexity index is 197. The molecule has 2 aliphatic carbocycles. The van der Waals surface area contributed by atoms with E-state index in [-0.39, 0.29) is 0 Å². The molecule has 0 saturated heterocycles. The summed E-state index contributed by atoms with van der Waals surface area (Å²) in [6.07, 6.45) is 4.29. The maximum atomic E-state index is 3.49. The predicted octanol–water partition coefficient (Wildman–Crippen LogP) is 2.42. The van der Waals surface area contributed by atoms with E-state index in [1.807, 2.05) is 0 Å². The zero-order chi connectivity index (χ0) is 8.98. The Balaban J connectivity index is 2.33. The summed E-state index contributed by atoms with van der Waals surface area (Å²) in [4.78, 5) is 0. The zero-order valence-corrected chi connectivity index (χ0v) is 8.78. The van der Waals surface area contributed by atoms with E-state index >= 15 is 0 Å². The predicted molar refractivity (Wildman–Crippen MR) is 52.1 cm³/mol. The van der Waals surface area contributed by atoms with E-state index in [1.165, 1.54) is 19.3 Å². The summed E-state index contributed by atoms with van der Waals surface area (Å²) >= 11 is 0. The van der Waals surface area contributed by atoms with Gasteiger partial charge in [0.2, 0.25) is 0 Å². The SMILES string of the molecule is CN[C@H]1C[C@@H]2CC[C@@]1(C)C2(C)C. The van der Waals surface area contributed by atoms with Gasteiger partial charge in [-0.15, -0.1) is 0 Å². The van der Waals surface area contributed by atoms with E-state index in [4.69, 9.17) is 0 Å². The molecule has 1 N–H and O–H groups in total. The van der Waals surface area contributed by atoms with E-state index in [2.05, 4.69) is 33.1 Å². The van der Waals surface area contributed by atoms with Gasteiger partial charge in [-0.2, -0.15) is 0 Å². The Morgan fingerprint density at radius 1 is 1.25 bits per heavy atom. The Hall–Kier alpha value is -0.0400. The minimum absolute atomic E-state index is 0.562. The second kappa shape index (κ2) is 2.25. The molecule has 12 heavy (non-hydrogen) atoms. The molecular weight excluding hydrogens is 146 g/mol. The molecule has 1 heteroatoms. The molecule has 2 rings (SSSR count). The Kier molecular flexibility index (Phi) is 1.61. The first-order valence-electron chi connectivity index (χ1n) is 5.19.